The number of aromatic nitrogens is 3. The maximum atomic E-state index is 12.5. The predicted octanol–water partition coefficient (Wildman–Crippen LogP) is 1.95. The summed E-state index contributed by atoms with van der Waals surface area (Å²) in [5, 5.41) is 3.27. The van der Waals surface area contributed by atoms with E-state index in [-0.39, 0.29) is 35.7 Å². The first kappa shape index (κ1) is 18.6. The molecule has 0 spiro atoms. The lowest BCUT2D eigenvalue weighted by Crippen LogP contribution is -2.32. The molecule has 1 fully saturated rings. The van der Waals surface area contributed by atoms with Crippen molar-refractivity contribution in [3.8, 4) is 17.3 Å². The van der Waals surface area contributed by atoms with Crippen molar-refractivity contribution in [3.63, 3.8) is 0 Å². The second kappa shape index (κ2) is 6.83. The normalized spacial score (nSPS) is 19.0. The van der Waals surface area contributed by atoms with E-state index in [1.54, 1.807) is 6.92 Å². The van der Waals surface area contributed by atoms with Gasteiger partial charge in [0.2, 0.25) is 21.7 Å². The van der Waals surface area contributed by atoms with Gasteiger partial charge >= 0.3 is 12.1 Å². The first-order valence-electron chi connectivity index (χ1n) is 7.71. The van der Waals surface area contributed by atoms with Crippen LogP contribution < -0.4 is 4.74 Å². The Kier molecular flexibility index (Phi) is 4.88. The highest BCUT2D eigenvalue weighted by molar-refractivity contribution is 7.89. The van der Waals surface area contributed by atoms with Crippen LogP contribution in [0.1, 0.15) is 19.2 Å². The SMILES string of the molecule is CCS(=O)(=O)N1CC[C@@H](Oc2ccc(-c3noc(C(F)(F)F)n3)cn2)C1. The van der Waals surface area contributed by atoms with Crippen molar-refractivity contribution >= 4 is 10.0 Å². The largest absolute Gasteiger partial charge is 0.473 e. The summed E-state index contributed by atoms with van der Waals surface area (Å²) in [4.78, 5) is 7.28. The van der Waals surface area contributed by atoms with Crippen LogP contribution in [0.5, 0.6) is 5.88 Å². The molecule has 3 heterocycles. The number of alkyl halides is 3. The van der Waals surface area contributed by atoms with Gasteiger partial charge in [0, 0.05) is 24.4 Å². The highest BCUT2D eigenvalue weighted by Gasteiger charge is 2.38. The molecule has 2 aromatic rings. The summed E-state index contributed by atoms with van der Waals surface area (Å²) in [5.74, 6) is -1.42. The number of halogens is 3. The average Bonchev–Trinajstić information content (AvgIpc) is 3.25. The summed E-state index contributed by atoms with van der Waals surface area (Å²) in [6.45, 7) is 2.19. The highest BCUT2D eigenvalue weighted by Crippen LogP contribution is 2.29. The van der Waals surface area contributed by atoms with E-state index < -0.39 is 22.1 Å². The maximum Gasteiger partial charge on any atom is 0.471 e. The Morgan fingerprint density at radius 2 is 2.15 bits per heavy atom. The zero-order valence-electron chi connectivity index (χ0n) is 13.6. The van der Waals surface area contributed by atoms with Crippen LogP contribution in [0.4, 0.5) is 13.2 Å². The highest BCUT2D eigenvalue weighted by atomic mass is 32.2. The standard InChI is InChI=1S/C14H15F3N4O4S/c1-2-26(22,23)21-6-5-10(8-21)24-11-4-3-9(7-18-11)12-19-13(25-20-12)14(15,16)17/h3-4,7,10H,2,5-6,8H2,1H3/t10-/m1/s1. The topological polar surface area (TPSA) is 98.4 Å². The lowest BCUT2D eigenvalue weighted by molar-refractivity contribution is -0.159. The van der Waals surface area contributed by atoms with Gasteiger partial charge in [0.25, 0.3) is 0 Å². The monoisotopic (exact) mass is 392 g/mol. The van der Waals surface area contributed by atoms with Crippen LogP contribution in [0.25, 0.3) is 11.4 Å². The quantitative estimate of drug-likeness (QED) is 0.767. The van der Waals surface area contributed by atoms with Gasteiger partial charge in [-0.1, -0.05) is 5.16 Å². The maximum absolute atomic E-state index is 12.5. The van der Waals surface area contributed by atoms with E-state index >= 15 is 0 Å². The van der Waals surface area contributed by atoms with E-state index in [9.17, 15) is 21.6 Å². The number of pyridine rings is 1. The number of rotatable bonds is 5. The predicted molar refractivity (Wildman–Crippen MR) is 82.6 cm³/mol. The Labute approximate surface area is 147 Å². The smallest absolute Gasteiger partial charge is 0.471 e. The first-order valence-corrected chi connectivity index (χ1v) is 9.32. The van der Waals surface area contributed by atoms with Gasteiger partial charge in [-0.25, -0.2) is 13.4 Å². The van der Waals surface area contributed by atoms with Gasteiger partial charge < -0.3 is 9.26 Å². The van der Waals surface area contributed by atoms with Crippen molar-refractivity contribution in [2.75, 3.05) is 18.8 Å². The van der Waals surface area contributed by atoms with Crippen LogP contribution in [0.2, 0.25) is 0 Å². The third kappa shape index (κ3) is 3.96. The molecule has 0 radical (unpaired) electrons. The summed E-state index contributed by atoms with van der Waals surface area (Å²) >= 11 is 0. The van der Waals surface area contributed by atoms with Gasteiger partial charge in [-0.2, -0.15) is 22.5 Å². The second-order valence-corrected chi connectivity index (χ2v) is 7.85. The van der Waals surface area contributed by atoms with Gasteiger partial charge in [0.05, 0.1) is 12.3 Å². The molecule has 1 aliphatic heterocycles. The van der Waals surface area contributed by atoms with E-state index in [2.05, 4.69) is 19.6 Å². The lowest BCUT2D eigenvalue weighted by Gasteiger charge is -2.15. The molecule has 26 heavy (non-hydrogen) atoms. The summed E-state index contributed by atoms with van der Waals surface area (Å²) < 4.78 is 72.2. The molecule has 0 unspecified atom stereocenters. The van der Waals surface area contributed by atoms with Crippen LogP contribution >= 0.6 is 0 Å². The molecule has 12 heteroatoms. The number of sulfonamides is 1. The second-order valence-electron chi connectivity index (χ2n) is 5.59. The van der Waals surface area contributed by atoms with E-state index in [4.69, 9.17) is 4.74 Å². The van der Waals surface area contributed by atoms with E-state index in [0.29, 0.717) is 13.0 Å². The van der Waals surface area contributed by atoms with Crippen molar-refractivity contribution in [2.24, 2.45) is 0 Å². The molecule has 3 rings (SSSR count). The van der Waals surface area contributed by atoms with E-state index in [0.717, 1.165) is 0 Å². The van der Waals surface area contributed by atoms with Gasteiger partial charge in [-0.05, 0) is 19.4 Å². The number of hydrogen-bond acceptors (Lipinski definition) is 7. The van der Waals surface area contributed by atoms with Crippen LogP contribution in [0, 0.1) is 0 Å². The van der Waals surface area contributed by atoms with Crippen LogP contribution in [-0.2, 0) is 16.2 Å². The molecule has 1 saturated heterocycles. The fraction of sp³-hybridized carbons (Fsp3) is 0.500. The van der Waals surface area contributed by atoms with Gasteiger partial charge in [0.15, 0.2) is 0 Å². The molecule has 0 aromatic carbocycles. The summed E-state index contributed by atoms with van der Waals surface area (Å²) in [6.07, 6.45) is -3.26. The Morgan fingerprint density at radius 1 is 1.38 bits per heavy atom. The van der Waals surface area contributed by atoms with Gasteiger partial charge in [-0.3, -0.25) is 0 Å². The Bertz CT molecular complexity index is 867. The molecule has 142 valence electrons. The Hall–Kier alpha value is -2.21. The molecule has 0 saturated carbocycles. The van der Waals surface area contributed by atoms with Crippen molar-refractivity contribution < 1.29 is 30.8 Å². The molecule has 1 aliphatic rings. The summed E-state index contributed by atoms with van der Waals surface area (Å²) in [6, 6.07) is 2.90. The van der Waals surface area contributed by atoms with Crippen LogP contribution in [0.3, 0.4) is 0 Å². The van der Waals surface area contributed by atoms with Crippen molar-refractivity contribution in [2.45, 2.75) is 25.6 Å². The Balaban J connectivity index is 1.65. The minimum atomic E-state index is -4.71. The molecule has 0 N–H and O–H groups in total. The molecular formula is C14H15F3N4O4S. The molecule has 2 aromatic heterocycles. The molecule has 8 nitrogen and oxygen atoms in total. The fourth-order valence-electron chi connectivity index (χ4n) is 2.44. The minimum absolute atomic E-state index is 0.0251. The molecule has 0 bridgehead atoms. The average molecular weight is 392 g/mol. The van der Waals surface area contributed by atoms with Crippen molar-refractivity contribution in [1.82, 2.24) is 19.4 Å². The number of ether oxygens (including phenoxy) is 1. The van der Waals surface area contributed by atoms with Gasteiger partial charge in [-0.15, -0.1) is 0 Å². The van der Waals surface area contributed by atoms with E-state index in [1.807, 2.05) is 0 Å². The Morgan fingerprint density at radius 3 is 2.73 bits per heavy atom. The molecule has 1 atom stereocenters. The van der Waals surface area contributed by atoms with Crippen LogP contribution in [-0.4, -0.2) is 52.8 Å². The summed E-state index contributed by atoms with van der Waals surface area (Å²) in [7, 11) is -3.26. The van der Waals surface area contributed by atoms with Gasteiger partial charge in [0.1, 0.15) is 6.10 Å². The molecular weight excluding hydrogens is 377 g/mol. The number of hydrogen-bond donors (Lipinski definition) is 0. The van der Waals surface area contributed by atoms with Crippen molar-refractivity contribution in [3.05, 3.63) is 24.2 Å². The number of nitrogens with zero attached hydrogens (tertiary/aromatic N) is 4. The first-order chi connectivity index (χ1) is 12.2. The zero-order chi connectivity index (χ0) is 18.9. The third-order valence-electron chi connectivity index (χ3n) is 3.82. The molecule has 0 aliphatic carbocycles. The lowest BCUT2D eigenvalue weighted by atomic mass is 10.2. The van der Waals surface area contributed by atoms with Crippen molar-refractivity contribution in [1.29, 1.82) is 0 Å². The van der Waals surface area contributed by atoms with Crippen LogP contribution in [0.15, 0.2) is 22.9 Å². The fourth-order valence-corrected chi connectivity index (χ4v) is 3.58. The van der Waals surface area contributed by atoms with E-state index in [1.165, 1.54) is 22.6 Å². The minimum Gasteiger partial charge on any atom is -0.473 e. The third-order valence-corrected chi connectivity index (χ3v) is 5.66. The zero-order valence-corrected chi connectivity index (χ0v) is 14.4. The summed E-state index contributed by atoms with van der Waals surface area (Å²) in [5.41, 5.74) is 0.234. The molecule has 0 amide bonds.